The van der Waals surface area contributed by atoms with Crippen LogP contribution < -0.4 is 23.1 Å². The highest BCUT2D eigenvalue weighted by atomic mass is 35.5. The molecule has 0 amide bonds. The van der Waals surface area contributed by atoms with Crippen LogP contribution in [0.3, 0.4) is 0 Å². The van der Waals surface area contributed by atoms with Gasteiger partial charge in [-0.3, -0.25) is 0 Å². The molecule has 0 fully saturated rings. The first kappa shape index (κ1) is 15.2. The molecule has 3 rings (SSSR count). The Bertz CT molecular complexity index is 798. The number of aryl methyl sites for hydroxylation is 1. The predicted octanol–water partition coefficient (Wildman–Crippen LogP) is 0.494. The fourth-order valence-corrected chi connectivity index (χ4v) is 2.32. The normalized spacial score (nSPS) is 10.4. The van der Waals surface area contributed by atoms with Crippen LogP contribution in [-0.4, -0.2) is 0 Å². The molecule has 108 valence electrons. The second-order valence-electron chi connectivity index (χ2n) is 4.78. The molecule has 0 atom stereocenters. The van der Waals surface area contributed by atoms with E-state index in [-0.39, 0.29) is 12.4 Å². The van der Waals surface area contributed by atoms with Gasteiger partial charge >= 0.3 is 0 Å². The maximum atomic E-state index is 13.4. The largest absolute Gasteiger partial charge is 1.00 e. The molecule has 2 aromatic carbocycles. The summed E-state index contributed by atoms with van der Waals surface area (Å²) in [7, 11) is 0. The Morgan fingerprint density at radius 3 is 2.33 bits per heavy atom. The number of H-pyrrole nitrogens is 1. The smallest absolute Gasteiger partial charge is 0.219 e. The van der Waals surface area contributed by atoms with Crippen molar-refractivity contribution < 1.29 is 26.2 Å². The second-order valence-corrected chi connectivity index (χ2v) is 4.78. The van der Waals surface area contributed by atoms with E-state index in [4.69, 9.17) is 5.73 Å². The van der Waals surface area contributed by atoms with E-state index in [1.165, 1.54) is 12.1 Å². The molecule has 1 heterocycles. The molecule has 1 aromatic heterocycles. The van der Waals surface area contributed by atoms with Gasteiger partial charge in [-0.1, -0.05) is 6.07 Å². The number of halogens is 3. The van der Waals surface area contributed by atoms with Gasteiger partial charge in [-0.25, -0.2) is 13.8 Å². The molecule has 3 aromatic rings. The molecule has 21 heavy (non-hydrogen) atoms. The fourth-order valence-electron chi connectivity index (χ4n) is 2.32. The average Bonchev–Trinajstić information content (AvgIpc) is 2.38. The van der Waals surface area contributed by atoms with E-state index in [2.05, 4.69) is 4.98 Å². The van der Waals surface area contributed by atoms with Gasteiger partial charge in [0.05, 0.1) is 5.56 Å². The Balaban J connectivity index is 0.00000161. The average molecular weight is 307 g/mol. The summed E-state index contributed by atoms with van der Waals surface area (Å²) in [6.07, 6.45) is 0. The van der Waals surface area contributed by atoms with Crippen molar-refractivity contribution in [2.75, 3.05) is 5.73 Å². The zero-order valence-electron chi connectivity index (χ0n) is 11.3. The van der Waals surface area contributed by atoms with Gasteiger partial charge in [0.15, 0.2) is 5.69 Å². The van der Waals surface area contributed by atoms with Gasteiger partial charge in [0.1, 0.15) is 17.3 Å². The van der Waals surface area contributed by atoms with E-state index >= 15 is 0 Å². The van der Waals surface area contributed by atoms with Crippen molar-refractivity contribution in [3.63, 3.8) is 0 Å². The van der Waals surface area contributed by atoms with Crippen molar-refractivity contribution in [3.8, 4) is 11.1 Å². The summed E-state index contributed by atoms with van der Waals surface area (Å²) >= 11 is 0. The first-order chi connectivity index (χ1) is 9.54. The number of rotatable bonds is 1. The Kier molecular flexibility index (Phi) is 4.09. The quantitative estimate of drug-likeness (QED) is 0.698. The molecule has 0 unspecified atom stereocenters. The molecule has 0 bridgehead atoms. The molecule has 2 nitrogen and oxygen atoms in total. The Morgan fingerprint density at radius 2 is 1.67 bits per heavy atom. The molecular formula is C16H13ClF2N2. The van der Waals surface area contributed by atoms with Gasteiger partial charge in [0, 0.05) is 18.4 Å². The highest BCUT2D eigenvalue weighted by Gasteiger charge is 2.14. The first-order valence-corrected chi connectivity index (χ1v) is 6.22. The van der Waals surface area contributed by atoms with Crippen LogP contribution in [0.5, 0.6) is 0 Å². The minimum Gasteiger partial charge on any atom is -1.00 e. The lowest BCUT2D eigenvalue weighted by atomic mass is 10.0. The van der Waals surface area contributed by atoms with Gasteiger partial charge in [-0.05, 0) is 35.9 Å². The fraction of sp³-hybridized carbons (Fsp3) is 0.0625. The molecule has 0 spiro atoms. The zero-order valence-corrected chi connectivity index (χ0v) is 12.0. The van der Waals surface area contributed by atoms with Gasteiger partial charge < -0.3 is 18.1 Å². The van der Waals surface area contributed by atoms with Crippen LogP contribution in [0.2, 0.25) is 0 Å². The highest BCUT2D eigenvalue weighted by molar-refractivity contribution is 5.92. The Morgan fingerprint density at radius 1 is 1.00 bits per heavy atom. The number of hydrogen-bond donors (Lipinski definition) is 1. The molecule has 0 saturated carbocycles. The molecular weight excluding hydrogens is 294 g/mol. The summed E-state index contributed by atoms with van der Waals surface area (Å²) in [6, 6.07) is 10.9. The van der Waals surface area contributed by atoms with Crippen molar-refractivity contribution in [2.24, 2.45) is 0 Å². The van der Waals surface area contributed by atoms with E-state index < -0.39 is 11.6 Å². The number of anilines is 1. The first-order valence-electron chi connectivity index (χ1n) is 6.22. The number of aromatic amines is 1. The minimum atomic E-state index is -0.593. The summed E-state index contributed by atoms with van der Waals surface area (Å²) in [5.41, 5.74) is 9.39. The molecule has 0 aliphatic heterocycles. The van der Waals surface area contributed by atoms with Gasteiger partial charge in [0.2, 0.25) is 5.52 Å². The van der Waals surface area contributed by atoms with Crippen LogP contribution in [-0.2, 0) is 0 Å². The van der Waals surface area contributed by atoms with Crippen LogP contribution in [0.15, 0.2) is 42.5 Å². The lowest BCUT2D eigenvalue weighted by Crippen LogP contribution is -3.00. The lowest BCUT2D eigenvalue weighted by molar-refractivity contribution is -0.353. The number of pyridine rings is 1. The summed E-state index contributed by atoms with van der Waals surface area (Å²) in [5, 5.41) is 0.898. The van der Waals surface area contributed by atoms with Gasteiger partial charge in [0.25, 0.3) is 0 Å². The lowest BCUT2D eigenvalue weighted by Gasteiger charge is -2.05. The second kappa shape index (κ2) is 5.66. The zero-order chi connectivity index (χ0) is 14.3. The Labute approximate surface area is 127 Å². The predicted molar refractivity (Wildman–Crippen MR) is 75.0 cm³/mol. The molecule has 0 saturated heterocycles. The summed E-state index contributed by atoms with van der Waals surface area (Å²) in [5.74, 6) is -1.19. The number of nitrogens with two attached hydrogens (primary N) is 1. The van der Waals surface area contributed by atoms with E-state index in [1.807, 2.05) is 31.2 Å². The van der Waals surface area contributed by atoms with Crippen LogP contribution in [0.4, 0.5) is 14.5 Å². The van der Waals surface area contributed by atoms with Crippen molar-refractivity contribution in [3.05, 3.63) is 59.8 Å². The number of aromatic nitrogens is 1. The van der Waals surface area contributed by atoms with Crippen LogP contribution in [0.1, 0.15) is 5.69 Å². The van der Waals surface area contributed by atoms with Crippen molar-refractivity contribution in [1.82, 2.24) is 0 Å². The molecule has 0 aliphatic carbocycles. The van der Waals surface area contributed by atoms with Crippen molar-refractivity contribution >= 4 is 16.6 Å². The van der Waals surface area contributed by atoms with Crippen molar-refractivity contribution in [2.45, 2.75) is 6.92 Å². The monoisotopic (exact) mass is 306 g/mol. The number of hydrogen-bond acceptors (Lipinski definition) is 1. The Hall–Kier alpha value is -2.20. The number of benzene rings is 2. The third-order valence-corrected chi connectivity index (χ3v) is 3.33. The summed E-state index contributed by atoms with van der Waals surface area (Å²) in [6.45, 7) is 1.86. The molecule has 0 aliphatic rings. The maximum Gasteiger partial charge on any atom is 0.219 e. The topological polar surface area (TPSA) is 40.2 Å². The number of nitrogens with one attached hydrogen (secondary N) is 1. The van der Waals surface area contributed by atoms with E-state index in [9.17, 15) is 8.78 Å². The van der Waals surface area contributed by atoms with Gasteiger partial charge in [-0.2, -0.15) is 0 Å². The standard InChI is InChI=1S/C16H12F2N2.ClH/c1-9-15(19)7-10-3-2-4-14(16(10)20-9)11-5-12(17)8-13(18)6-11;/h2-8H,19H2,1H3;1H. The third kappa shape index (κ3) is 2.81. The van der Waals surface area contributed by atoms with E-state index in [0.29, 0.717) is 11.3 Å². The third-order valence-electron chi connectivity index (χ3n) is 3.33. The number of para-hydroxylation sites is 1. The van der Waals surface area contributed by atoms with E-state index in [1.54, 1.807) is 0 Å². The molecule has 3 N–H and O–H groups in total. The summed E-state index contributed by atoms with van der Waals surface area (Å²) < 4.78 is 26.8. The van der Waals surface area contributed by atoms with E-state index in [0.717, 1.165) is 28.2 Å². The SMILES string of the molecule is Cc1[nH+]c2c(-c3cc(F)cc(F)c3)cccc2cc1N.[Cl-]. The molecule has 5 heteroatoms. The highest BCUT2D eigenvalue weighted by Crippen LogP contribution is 2.28. The van der Waals surface area contributed by atoms with Crippen molar-refractivity contribution in [1.29, 1.82) is 0 Å². The molecule has 0 radical (unpaired) electrons. The van der Waals surface area contributed by atoms with Gasteiger partial charge in [-0.15, -0.1) is 0 Å². The van der Waals surface area contributed by atoms with Crippen LogP contribution in [0.25, 0.3) is 22.0 Å². The maximum absolute atomic E-state index is 13.4. The minimum absolute atomic E-state index is 0. The van der Waals surface area contributed by atoms with Crippen LogP contribution >= 0.6 is 0 Å². The number of fused-ring (bicyclic) bond motifs is 1. The summed E-state index contributed by atoms with van der Waals surface area (Å²) in [4.78, 5) is 3.19. The number of nitrogen functional groups attached to an aromatic ring is 1. The van der Waals surface area contributed by atoms with Crippen LogP contribution in [0, 0.1) is 18.6 Å².